The third-order valence-corrected chi connectivity index (χ3v) is 6.73. The average molecular weight is 401 g/mol. The topological polar surface area (TPSA) is 0 Å². The van der Waals surface area contributed by atoms with E-state index in [1.807, 2.05) is 12.1 Å². The van der Waals surface area contributed by atoms with Crippen molar-refractivity contribution >= 4 is 0 Å². The highest BCUT2D eigenvalue weighted by Gasteiger charge is 2.25. The van der Waals surface area contributed by atoms with E-state index in [1.165, 1.54) is 43.2 Å². The van der Waals surface area contributed by atoms with Crippen LogP contribution in [0, 0.1) is 11.7 Å². The lowest BCUT2D eigenvalue weighted by Crippen LogP contribution is -1.96. The van der Waals surface area contributed by atoms with Crippen LogP contribution in [0.5, 0.6) is 0 Å². The van der Waals surface area contributed by atoms with Gasteiger partial charge in [-0.1, -0.05) is 93.8 Å². The second-order valence-electron chi connectivity index (χ2n) is 8.93. The smallest absolute Gasteiger partial charge is 0.131 e. The predicted octanol–water partition coefficient (Wildman–Crippen LogP) is 8.80. The van der Waals surface area contributed by atoms with Crippen LogP contribution in [0.15, 0.2) is 66.7 Å². The van der Waals surface area contributed by atoms with Gasteiger partial charge in [0.05, 0.1) is 0 Å². The van der Waals surface area contributed by atoms with Crippen molar-refractivity contribution in [2.45, 2.75) is 64.7 Å². The summed E-state index contributed by atoms with van der Waals surface area (Å²) in [5, 5.41) is 0. The van der Waals surface area contributed by atoms with Crippen molar-refractivity contribution in [2.75, 3.05) is 0 Å². The van der Waals surface area contributed by atoms with E-state index >= 15 is 0 Å². The first-order valence-corrected chi connectivity index (χ1v) is 11.7. The maximum absolute atomic E-state index is 15.0. The number of benzene rings is 3. The average Bonchev–Trinajstić information content (AvgIpc) is 3.24. The van der Waals surface area contributed by atoms with E-state index < -0.39 is 0 Å². The lowest BCUT2D eigenvalue weighted by Gasteiger charge is -2.13. The molecule has 4 rings (SSSR count). The highest BCUT2D eigenvalue weighted by atomic mass is 19.1. The van der Waals surface area contributed by atoms with Crippen LogP contribution in [0.25, 0.3) is 22.3 Å². The van der Waals surface area contributed by atoms with E-state index in [1.54, 1.807) is 6.07 Å². The van der Waals surface area contributed by atoms with Gasteiger partial charge in [-0.3, -0.25) is 0 Å². The Morgan fingerprint density at radius 1 is 0.767 bits per heavy atom. The van der Waals surface area contributed by atoms with Crippen molar-refractivity contribution in [3.05, 3.63) is 83.7 Å². The molecule has 1 heteroatoms. The molecule has 30 heavy (non-hydrogen) atoms. The maximum atomic E-state index is 15.0. The highest BCUT2D eigenvalue weighted by molar-refractivity contribution is 5.71. The normalized spacial score (nSPS) is 18.6. The molecular formula is C29H33F. The Balaban J connectivity index is 1.49. The van der Waals surface area contributed by atoms with E-state index in [0.29, 0.717) is 11.5 Å². The van der Waals surface area contributed by atoms with E-state index in [0.717, 1.165) is 35.4 Å². The summed E-state index contributed by atoms with van der Waals surface area (Å²) in [5.74, 6) is 1.42. The molecule has 156 valence electrons. The first kappa shape index (κ1) is 20.8. The van der Waals surface area contributed by atoms with Gasteiger partial charge in [-0.15, -0.1) is 0 Å². The molecule has 3 aromatic carbocycles. The summed E-state index contributed by atoms with van der Waals surface area (Å²) < 4.78 is 15.0. The van der Waals surface area contributed by atoms with Gasteiger partial charge in [0.1, 0.15) is 5.82 Å². The van der Waals surface area contributed by atoms with Gasteiger partial charge in [0.15, 0.2) is 0 Å². The number of aryl methyl sites for hydroxylation is 1. The zero-order valence-electron chi connectivity index (χ0n) is 18.3. The van der Waals surface area contributed by atoms with Gasteiger partial charge in [-0.05, 0) is 71.4 Å². The molecule has 0 heterocycles. The first-order valence-electron chi connectivity index (χ1n) is 11.7. The molecule has 1 saturated carbocycles. The molecule has 1 fully saturated rings. The second kappa shape index (κ2) is 9.60. The zero-order valence-corrected chi connectivity index (χ0v) is 18.3. The molecule has 0 radical (unpaired) electrons. The van der Waals surface area contributed by atoms with Gasteiger partial charge >= 0.3 is 0 Å². The molecular weight excluding hydrogens is 367 g/mol. The minimum atomic E-state index is -0.151. The molecule has 2 atom stereocenters. The van der Waals surface area contributed by atoms with Crippen LogP contribution in [0.4, 0.5) is 4.39 Å². The zero-order chi connectivity index (χ0) is 20.9. The Morgan fingerprint density at radius 2 is 1.47 bits per heavy atom. The Hall–Kier alpha value is -2.41. The summed E-state index contributed by atoms with van der Waals surface area (Å²) in [6.07, 6.45) is 8.83. The van der Waals surface area contributed by atoms with Gasteiger partial charge in [0.25, 0.3) is 0 Å². The molecule has 0 spiro atoms. The molecule has 0 saturated heterocycles. The van der Waals surface area contributed by atoms with E-state index in [4.69, 9.17) is 0 Å². The van der Waals surface area contributed by atoms with Gasteiger partial charge < -0.3 is 0 Å². The minimum Gasteiger partial charge on any atom is -0.206 e. The van der Waals surface area contributed by atoms with Gasteiger partial charge in [0, 0.05) is 5.56 Å². The van der Waals surface area contributed by atoms with Crippen LogP contribution >= 0.6 is 0 Å². The van der Waals surface area contributed by atoms with Crippen molar-refractivity contribution in [1.82, 2.24) is 0 Å². The summed E-state index contributed by atoms with van der Waals surface area (Å²) in [4.78, 5) is 0. The van der Waals surface area contributed by atoms with E-state index in [2.05, 4.69) is 62.4 Å². The van der Waals surface area contributed by atoms with Crippen molar-refractivity contribution in [1.29, 1.82) is 0 Å². The Bertz CT molecular complexity index is 953. The number of halogens is 1. The van der Waals surface area contributed by atoms with Crippen molar-refractivity contribution in [3.63, 3.8) is 0 Å². The Kier molecular flexibility index (Phi) is 6.67. The van der Waals surface area contributed by atoms with Gasteiger partial charge in [0.2, 0.25) is 0 Å². The van der Waals surface area contributed by atoms with Crippen LogP contribution in [-0.4, -0.2) is 0 Å². The standard InChI is InChI=1S/C29H33F/c1-3-5-21-7-10-23(11-8-21)27-17-18-28(29(30)20-27)25-15-13-24(14-16-25)26-12-9-22(19-26)6-4-2/h7-8,10-11,13-18,20,22,26H,3-6,9,12,19H2,1-2H3. The Morgan fingerprint density at radius 3 is 2.13 bits per heavy atom. The predicted molar refractivity (Wildman–Crippen MR) is 126 cm³/mol. The highest BCUT2D eigenvalue weighted by Crippen LogP contribution is 2.40. The fourth-order valence-corrected chi connectivity index (χ4v) is 5.06. The number of hydrogen-bond donors (Lipinski definition) is 0. The largest absolute Gasteiger partial charge is 0.206 e. The number of rotatable bonds is 7. The molecule has 0 amide bonds. The Labute approximate surface area is 181 Å². The SMILES string of the molecule is CCCc1ccc(-c2ccc(-c3ccc(C4CCC(CCC)C4)cc3)c(F)c2)cc1. The summed E-state index contributed by atoms with van der Waals surface area (Å²) in [7, 11) is 0. The molecule has 3 aromatic rings. The monoisotopic (exact) mass is 400 g/mol. The van der Waals surface area contributed by atoms with Crippen molar-refractivity contribution in [3.8, 4) is 22.3 Å². The molecule has 0 aliphatic heterocycles. The summed E-state index contributed by atoms with van der Waals surface area (Å²) in [6, 6.07) is 22.8. The molecule has 1 aliphatic carbocycles. The van der Waals surface area contributed by atoms with Crippen LogP contribution in [0.3, 0.4) is 0 Å². The molecule has 1 aliphatic rings. The number of hydrogen-bond acceptors (Lipinski definition) is 0. The van der Waals surface area contributed by atoms with Crippen molar-refractivity contribution < 1.29 is 4.39 Å². The van der Waals surface area contributed by atoms with Gasteiger partial charge in [-0.25, -0.2) is 4.39 Å². The van der Waals surface area contributed by atoms with Crippen LogP contribution in [0.1, 0.15) is 69.4 Å². The third kappa shape index (κ3) is 4.67. The molecule has 0 aromatic heterocycles. The second-order valence-corrected chi connectivity index (χ2v) is 8.93. The summed E-state index contributed by atoms with van der Waals surface area (Å²) in [6.45, 7) is 4.47. The molecule has 2 unspecified atom stereocenters. The lowest BCUT2D eigenvalue weighted by atomic mass is 9.92. The lowest BCUT2D eigenvalue weighted by molar-refractivity contribution is 0.489. The van der Waals surface area contributed by atoms with Crippen LogP contribution in [0.2, 0.25) is 0 Å². The molecule has 0 nitrogen and oxygen atoms in total. The maximum Gasteiger partial charge on any atom is 0.131 e. The fraction of sp³-hybridized carbons (Fsp3) is 0.379. The first-order chi connectivity index (χ1) is 14.7. The minimum absolute atomic E-state index is 0.151. The fourth-order valence-electron chi connectivity index (χ4n) is 5.06. The van der Waals surface area contributed by atoms with Crippen molar-refractivity contribution in [2.24, 2.45) is 5.92 Å². The van der Waals surface area contributed by atoms with Gasteiger partial charge in [-0.2, -0.15) is 0 Å². The molecule has 0 bridgehead atoms. The van der Waals surface area contributed by atoms with Crippen LogP contribution in [-0.2, 0) is 6.42 Å². The summed E-state index contributed by atoms with van der Waals surface area (Å²) >= 11 is 0. The van der Waals surface area contributed by atoms with Crippen LogP contribution < -0.4 is 0 Å². The third-order valence-electron chi connectivity index (χ3n) is 6.73. The van der Waals surface area contributed by atoms with E-state index in [-0.39, 0.29) is 5.82 Å². The quantitative estimate of drug-likeness (QED) is 0.372. The van der Waals surface area contributed by atoms with E-state index in [9.17, 15) is 4.39 Å². The molecule has 0 N–H and O–H groups in total. The summed E-state index contributed by atoms with van der Waals surface area (Å²) in [5.41, 5.74) is 6.40.